The summed E-state index contributed by atoms with van der Waals surface area (Å²) in [6, 6.07) is 1.35. The molecule has 44 valence electrons. The van der Waals surface area contributed by atoms with E-state index in [1.807, 2.05) is 0 Å². The molecule has 0 saturated heterocycles. The summed E-state index contributed by atoms with van der Waals surface area (Å²) in [6.07, 6.45) is 1.36. The molecule has 8 heavy (non-hydrogen) atoms. The first-order valence-electron chi connectivity index (χ1n) is 1.73. The van der Waals surface area contributed by atoms with Crippen LogP contribution in [0.3, 0.4) is 0 Å². The average Bonchev–Trinajstić information content (AvgIpc) is 1.69. The first-order chi connectivity index (χ1) is 3.39. The van der Waals surface area contributed by atoms with Gasteiger partial charge in [-0.3, -0.25) is 0 Å². The molecule has 0 unspecified atom stereocenters. The smallest absolute Gasteiger partial charge is 0.234 e. The van der Waals surface area contributed by atoms with E-state index in [2.05, 4.69) is 15.4 Å². The van der Waals surface area contributed by atoms with E-state index in [9.17, 15) is 0 Å². The lowest BCUT2D eigenvalue weighted by atomic mass is 10.7. The van der Waals surface area contributed by atoms with Crippen LogP contribution in [0.1, 0.15) is 0 Å². The third-order valence-corrected chi connectivity index (χ3v) is 0.489. The highest BCUT2D eigenvalue weighted by molar-refractivity contribution is 5.85. The van der Waals surface area contributed by atoms with Crippen molar-refractivity contribution in [1.82, 2.24) is 15.4 Å². The van der Waals surface area contributed by atoms with E-state index in [0.29, 0.717) is 0 Å². The van der Waals surface area contributed by atoms with Crippen molar-refractivity contribution >= 4 is 12.4 Å². The summed E-state index contributed by atoms with van der Waals surface area (Å²) in [7, 11) is 0. The molecule has 0 aliphatic heterocycles. The zero-order chi connectivity index (χ0) is 5.11. The lowest BCUT2D eigenvalue weighted by molar-refractivity contribution is 0.440. The van der Waals surface area contributed by atoms with Crippen LogP contribution in [0, 0.1) is 0 Å². The van der Waals surface area contributed by atoms with Crippen LogP contribution in [0.5, 0.6) is 5.88 Å². The number of hydrogen-bond donors (Lipinski definition) is 1. The summed E-state index contributed by atoms with van der Waals surface area (Å²) in [5.41, 5.74) is 0. The SMILES string of the molecule is Cl.Oc1ccnnn1. The molecule has 1 rings (SSSR count). The number of rotatable bonds is 0. The molecule has 0 bridgehead atoms. The highest BCUT2D eigenvalue weighted by atomic mass is 35.5. The van der Waals surface area contributed by atoms with Crippen LogP contribution in [0.15, 0.2) is 12.3 Å². The maximum Gasteiger partial charge on any atom is 0.234 e. The highest BCUT2D eigenvalue weighted by Gasteiger charge is 1.79. The van der Waals surface area contributed by atoms with Crippen molar-refractivity contribution in [3.63, 3.8) is 0 Å². The molecule has 1 aromatic rings. The zero-order valence-electron chi connectivity index (χ0n) is 3.85. The number of nitrogens with zero attached hydrogens (tertiary/aromatic N) is 3. The molecule has 0 atom stereocenters. The van der Waals surface area contributed by atoms with Crippen LogP contribution in [0.4, 0.5) is 0 Å². The second-order valence-corrected chi connectivity index (χ2v) is 0.979. The monoisotopic (exact) mass is 133 g/mol. The molecular formula is C3H4ClN3O. The fourth-order valence-electron chi connectivity index (χ4n) is 0.235. The van der Waals surface area contributed by atoms with Gasteiger partial charge in [-0.1, -0.05) is 5.10 Å². The third kappa shape index (κ3) is 1.70. The second kappa shape index (κ2) is 3.15. The number of halogens is 1. The van der Waals surface area contributed by atoms with Gasteiger partial charge >= 0.3 is 0 Å². The van der Waals surface area contributed by atoms with Gasteiger partial charge in [0.15, 0.2) is 0 Å². The summed E-state index contributed by atoms with van der Waals surface area (Å²) in [5.74, 6) is -0.102. The molecule has 0 aromatic carbocycles. The Morgan fingerprint density at radius 1 is 1.50 bits per heavy atom. The molecular weight excluding hydrogens is 130 g/mol. The first-order valence-corrected chi connectivity index (χ1v) is 1.73. The Bertz CT molecular complexity index is 144. The molecule has 0 amide bonds. The lowest BCUT2D eigenvalue weighted by Gasteiger charge is -1.78. The average molecular weight is 134 g/mol. The van der Waals surface area contributed by atoms with Gasteiger partial charge in [0, 0.05) is 6.07 Å². The molecule has 0 radical (unpaired) electrons. The number of aromatic nitrogens is 3. The van der Waals surface area contributed by atoms with Crippen molar-refractivity contribution in [3.8, 4) is 5.88 Å². The van der Waals surface area contributed by atoms with E-state index >= 15 is 0 Å². The molecule has 0 aliphatic carbocycles. The first kappa shape index (κ1) is 7.10. The van der Waals surface area contributed by atoms with Crippen LogP contribution in [-0.4, -0.2) is 20.5 Å². The van der Waals surface area contributed by atoms with Crippen LogP contribution in [0.25, 0.3) is 0 Å². The summed E-state index contributed by atoms with van der Waals surface area (Å²) in [5, 5.41) is 18.1. The Morgan fingerprint density at radius 3 is 2.50 bits per heavy atom. The predicted molar refractivity (Wildman–Crippen MR) is 28.7 cm³/mol. The molecule has 4 nitrogen and oxygen atoms in total. The topological polar surface area (TPSA) is 58.9 Å². The Hall–Kier alpha value is -0.900. The summed E-state index contributed by atoms with van der Waals surface area (Å²) in [6.45, 7) is 0. The van der Waals surface area contributed by atoms with Gasteiger partial charge in [-0.2, -0.15) is 0 Å². The molecule has 0 aliphatic rings. The molecule has 1 heterocycles. The van der Waals surface area contributed by atoms with E-state index in [-0.39, 0.29) is 18.3 Å². The normalized spacial score (nSPS) is 7.50. The molecule has 5 heteroatoms. The Morgan fingerprint density at radius 2 is 2.25 bits per heavy atom. The van der Waals surface area contributed by atoms with Crippen LogP contribution >= 0.6 is 12.4 Å². The zero-order valence-corrected chi connectivity index (χ0v) is 4.67. The van der Waals surface area contributed by atoms with Crippen molar-refractivity contribution in [2.75, 3.05) is 0 Å². The van der Waals surface area contributed by atoms with E-state index in [1.165, 1.54) is 12.3 Å². The molecule has 0 fully saturated rings. The summed E-state index contributed by atoms with van der Waals surface area (Å²) in [4.78, 5) is 0. The number of aromatic hydroxyl groups is 1. The van der Waals surface area contributed by atoms with Gasteiger partial charge in [-0.25, -0.2) is 0 Å². The van der Waals surface area contributed by atoms with Gasteiger partial charge in [-0.15, -0.1) is 17.5 Å². The van der Waals surface area contributed by atoms with Gasteiger partial charge in [0.25, 0.3) is 0 Å². The largest absolute Gasteiger partial charge is 0.492 e. The fraction of sp³-hybridized carbons (Fsp3) is 0. The second-order valence-electron chi connectivity index (χ2n) is 0.979. The van der Waals surface area contributed by atoms with E-state index in [1.54, 1.807) is 0 Å². The minimum Gasteiger partial charge on any atom is -0.492 e. The van der Waals surface area contributed by atoms with Crippen LogP contribution in [0.2, 0.25) is 0 Å². The maximum absolute atomic E-state index is 8.42. The van der Waals surface area contributed by atoms with Gasteiger partial charge in [0.2, 0.25) is 5.88 Å². The minimum atomic E-state index is -0.102. The van der Waals surface area contributed by atoms with Crippen LogP contribution < -0.4 is 0 Å². The van der Waals surface area contributed by atoms with Crippen molar-refractivity contribution < 1.29 is 5.11 Å². The molecule has 0 saturated carbocycles. The summed E-state index contributed by atoms with van der Waals surface area (Å²) >= 11 is 0. The standard InChI is InChI=1S/C3H3N3O.ClH/c7-3-1-2-4-6-5-3;/h1-2H,(H,4,5,7);1H. The highest BCUT2D eigenvalue weighted by Crippen LogP contribution is 1.92. The van der Waals surface area contributed by atoms with Crippen molar-refractivity contribution in [1.29, 1.82) is 0 Å². The third-order valence-electron chi connectivity index (χ3n) is 0.489. The van der Waals surface area contributed by atoms with E-state index in [4.69, 9.17) is 5.11 Å². The van der Waals surface area contributed by atoms with Crippen molar-refractivity contribution in [3.05, 3.63) is 12.3 Å². The molecule has 1 aromatic heterocycles. The van der Waals surface area contributed by atoms with Crippen molar-refractivity contribution in [2.45, 2.75) is 0 Å². The molecule has 0 spiro atoms. The Labute approximate surface area is 52.0 Å². The van der Waals surface area contributed by atoms with Crippen LogP contribution in [-0.2, 0) is 0 Å². The fourth-order valence-corrected chi connectivity index (χ4v) is 0.235. The van der Waals surface area contributed by atoms with Gasteiger partial charge < -0.3 is 5.11 Å². The van der Waals surface area contributed by atoms with E-state index in [0.717, 1.165) is 0 Å². The maximum atomic E-state index is 8.42. The Balaban J connectivity index is 0.000000490. The van der Waals surface area contributed by atoms with Crippen molar-refractivity contribution in [2.24, 2.45) is 0 Å². The predicted octanol–water partition coefficient (Wildman–Crippen LogP) is -0.00100. The van der Waals surface area contributed by atoms with Gasteiger partial charge in [-0.05, 0) is 5.21 Å². The minimum absolute atomic E-state index is 0. The number of hydrogen-bond acceptors (Lipinski definition) is 4. The summed E-state index contributed by atoms with van der Waals surface area (Å²) < 4.78 is 0. The van der Waals surface area contributed by atoms with E-state index < -0.39 is 0 Å². The Kier molecular flexibility index (Phi) is 2.79. The quantitative estimate of drug-likeness (QED) is 0.541. The molecule has 1 N–H and O–H groups in total. The lowest BCUT2D eigenvalue weighted by Crippen LogP contribution is -1.81. The van der Waals surface area contributed by atoms with Gasteiger partial charge in [0.05, 0.1) is 6.20 Å². The van der Waals surface area contributed by atoms with Gasteiger partial charge in [0.1, 0.15) is 0 Å².